The van der Waals surface area contributed by atoms with Gasteiger partial charge >= 0.3 is 0 Å². The van der Waals surface area contributed by atoms with Crippen molar-refractivity contribution in [3.63, 3.8) is 0 Å². The molecule has 0 saturated heterocycles. The predicted molar refractivity (Wildman–Crippen MR) is 78.9 cm³/mol. The zero-order valence-electron chi connectivity index (χ0n) is 11.4. The van der Waals surface area contributed by atoms with Crippen LogP contribution in [0.25, 0.3) is 11.3 Å². The third-order valence-corrected chi connectivity index (χ3v) is 3.79. The van der Waals surface area contributed by atoms with Gasteiger partial charge in [0.1, 0.15) is 17.4 Å². The van der Waals surface area contributed by atoms with Crippen LogP contribution in [0.1, 0.15) is 16.1 Å². The van der Waals surface area contributed by atoms with E-state index in [1.165, 1.54) is 12.3 Å². The lowest BCUT2D eigenvalue weighted by atomic mass is 10.1. The summed E-state index contributed by atoms with van der Waals surface area (Å²) in [6.07, 6.45) is 1.42. The minimum Gasteiger partial charge on any atom is -0.469 e. The van der Waals surface area contributed by atoms with Crippen LogP contribution >= 0.6 is 11.3 Å². The highest BCUT2D eigenvalue weighted by molar-refractivity contribution is 7.14. The number of thiazole rings is 1. The lowest BCUT2D eigenvalue weighted by Gasteiger charge is -2.00. The topological polar surface area (TPSA) is 55.1 Å². The third kappa shape index (κ3) is 2.75. The number of carbonyl (C=O) groups excluding carboxylic acids is 1. The van der Waals surface area contributed by atoms with Crippen molar-refractivity contribution in [1.82, 2.24) is 4.98 Å². The molecule has 0 fully saturated rings. The Balaban J connectivity index is 1.82. The highest BCUT2D eigenvalue weighted by Gasteiger charge is 2.15. The molecule has 1 aromatic carbocycles. The number of halogens is 2. The molecular weight excluding hydrogens is 310 g/mol. The van der Waals surface area contributed by atoms with Crippen molar-refractivity contribution in [1.29, 1.82) is 0 Å². The number of amides is 1. The summed E-state index contributed by atoms with van der Waals surface area (Å²) in [7, 11) is 0. The Morgan fingerprint density at radius 2 is 2.14 bits per heavy atom. The van der Waals surface area contributed by atoms with Gasteiger partial charge in [-0.05, 0) is 25.1 Å². The van der Waals surface area contributed by atoms with Gasteiger partial charge in [-0.3, -0.25) is 10.1 Å². The van der Waals surface area contributed by atoms with Crippen LogP contribution in [0.4, 0.5) is 13.9 Å². The number of aromatic nitrogens is 1. The number of furan rings is 1. The van der Waals surface area contributed by atoms with Crippen LogP contribution in [0.5, 0.6) is 0 Å². The van der Waals surface area contributed by atoms with Gasteiger partial charge in [0.2, 0.25) is 0 Å². The molecule has 2 heterocycles. The Kier molecular flexibility index (Phi) is 3.72. The van der Waals surface area contributed by atoms with Gasteiger partial charge in [0.25, 0.3) is 5.91 Å². The summed E-state index contributed by atoms with van der Waals surface area (Å²) in [5.41, 5.74) is 0.920. The lowest BCUT2D eigenvalue weighted by Crippen LogP contribution is -2.11. The van der Waals surface area contributed by atoms with Gasteiger partial charge in [0.15, 0.2) is 5.13 Å². The van der Waals surface area contributed by atoms with E-state index in [0.29, 0.717) is 22.1 Å². The summed E-state index contributed by atoms with van der Waals surface area (Å²) in [6.45, 7) is 1.68. The average Bonchev–Trinajstić information content (AvgIpc) is 3.08. The molecule has 4 nitrogen and oxygen atoms in total. The molecule has 7 heteroatoms. The first kappa shape index (κ1) is 14.4. The van der Waals surface area contributed by atoms with Crippen LogP contribution in [0, 0.1) is 18.6 Å². The molecular formula is C15H10F2N2O2S. The number of anilines is 1. The second-order valence-electron chi connectivity index (χ2n) is 4.51. The molecule has 0 aliphatic heterocycles. The van der Waals surface area contributed by atoms with Crippen molar-refractivity contribution in [2.45, 2.75) is 6.92 Å². The van der Waals surface area contributed by atoms with Gasteiger partial charge in [-0.25, -0.2) is 13.8 Å². The molecule has 0 radical (unpaired) electrons. The van der Waals surface area contributed by atoms with Gasteiger partial charge in [-0.1, -0.05) is 0 Å². The fourth-order valence-corrected chi connectivity index (χ4v) is 2.64. The van der Waals surface area contributed by atoms with E-state index in [4.69, 9.17) is 4.42 Å². The molecule has 0 bridgehead atoms. The van der Waals surface area contributed by atoms with E-state index in [2.05, 4.69) is 10.3 Å². The second-order valence-corrected chi connectivity index (χ2v) is 5.36. The van der Waals surface area contributed by atoms with Crippen LogP contribution in [-0.4, -0.2) is 10.9 Å². The van der Waals surface area contributed by atoms with Crippen LogP contribution in [-0.2, 0) is 0 Å². The van der Waals surface area contributed by atoms with Crippen molar-refractivity contribution in [2.24, 2.45) is 0 Å². The minimum atomic E-state index is -0.700. The number of nitrogens with zero attached hydrogens (tertiary/aromatic N) is 1. The fourth-order valence-electron chi connectivity index (χ4n) is 1.94. The Hall–Kier alpha value is -2.54. The Labute approximate surface area is 128 Å². The summed E-state index contributed by atoms with van der Waals surface area (Å²) in [5.74, 6) is -1.21. The van der Waals surface area contributed by atoms with Crippen molar-refractivity contribution >= 4 is 22.4 Å². The van der Waals surface area contributed by atoms with Gasteiger partial charge in [0.05, 0.1) is 17.5 Å². The molecule has 1 amide bonds. The molecule has 2 aromatic heterocycles. The normalized spacial score (nSPS) is 10.7. The van der Waals surface area contributed by atoms with E-state index >= 15 is 0 Å². The molecule has 0 unspecified atom stereocenters. The molecule has 3 rings (SSSR count). The van der Waals surface area contributed by atoms with Gasteiger partial charge in [-0.15, -0.1) is 11.3 Å². The number of hydrogen-bond donors (Lipinski definition) is 1. The molecule has 112 valence electrons. The molecule has 22 heavy (non-hydrogen) atoms. The highest BCUT2D eigenvalue weighted by atomic mass is 32.1. The Bertz CT molecular complexity index is 842. The predicted octanol–water partition coefficient (Wildman–Crippen LogP) is 4.24. The van der Waals surface area contributed by atoms with Crippen LogP contribution in [0.3, 0.4) is 0 Å². The van der Waals surface area contributed by atoms with Gasteiger partial charge in [-0.2, -0.15) is 0 Å². The monoisotopic (exact) mass is 320 g/mol. The number of nitrogens with one attached hydrogen (secondary N) is 1. The minimum absolute atomic E-state index is 0.178. The van der Waals surface area contributed by atoms with Gasteiger partial charge in [0, 0.05) is 17.0 Å². The van der Waals surface area contributed by atoms with Crippen LogP contribution in [0.2, 0.25) is 0 Å². The maximum Gasteiger partial charge on any atom is 0.260 e. The number of rotatable bonds is 3. The number of benzene rings is 1. The SMILES string of the molecule is Cc1occc1C(=O)Nc1nc(-c2ccc(F)cc2F)cs1. The smallest absolute Gasteiger partial charge is 0.260 e. The first-order chi connectivity index (χ1) is 10.5. The molecule has 3 aromatic rings. The lowest BCUT2D eigenvalue weighted by molar-refractivity contribution is 0.102. The summed E-state index contributed by atoms with van der Waals surface area (Å²) < 4.78 is 31.7. The standard InChI is InChI=1S/C15H10F2N2O2S/c1-8-10(4-5-21-8)14(20)19-15-18-13(7-22-15)11-3-2-9(16)6-12(11)17/h2-7H,1H3,(H,18,19,20). The maximum absolute atomic E-state index is 13.7. The third-order valence-electron chi connectivity index (χ3n) is 3.04. The molecule has 0 spiro atoms. The molecule has 1 N–H and O–H groups in total. The van der Waals surface area contributed by atoms with Crippen molar-refractivity contribution in [2.75, 3.05) is 5.32 Å². The number of carbonyl (C=O) groups is 1. The van der Waals surface area contributed by atoms with E-state index in [9.17, 15) is 13.6 Å². The molecule has 0 aliphatic rings. The Morgan fingerprint density at radius 1 is 1.32 bits per heavy atom. The summed E-state index contributed by atoms with van der Waals surface area (Å²) in [4.78, 5) is 16.2. The average molecular weight is 320 g/mol. The van der Waals surface area contributed by atoms with E-state index in [1.807, 2.05) is 0 Å². The van der Waals surface area contributed by atoms with E-state index in [0.717, 1.165) is 23.5 Å². The second kappa shape index (κ2) is 5.69. The molecule has 0 saturated carbocycles. The van der Waals surface area contributed by atoms with E-state index < -0.39 is 11.6 Å². The number of aryl methyl sites for hydroxylation is 1. The largest absolute Gasteiger partial charge is 0.469 e. The first-order valence-electron chi connectivity index (χ1n) is 6.31. The van der Waals surface area contributed by atoms with Crippen LogP contribution < -0.4 is 5.32 Å². The van der Waals surface area contributed by atoms with Gasteiger partial charge < -0.3 is 4.42 Å². The van der Waals surface area contributed by atoms with E-state index in [-0.39, 0.29) is 11.5 Å². The molecule has 0 atom stereocenters. The highest BCUT2D eigenvalue weighted by Crippen LogP contribution is 2.27. The molecule has 0 aliphatic carbocycles. The van der Waals surface area contributed by atoms with Crippen molar-refractivity contribution in [3.8, 4) is 11.3 Å². The van der Waals surface area contributed by atoms with E-state index in [1.54, 1.807) is 18.4 Å². The van der Waals surface area contributed by atoms with Crippen molar-refractivity contribution in [3.05, 3.63) is 58.9 Å². The van der Waals surface area contributed by atoms with Crippen molar-refractivity contribution < 1.29 is 18.0 Å². The zero-order chi connectivity index (χ0) is 15.7. The number of hydrogen-bond acceptors (Lipinski definition) is 4. The first-order valence-corrected chi connectivity index (χ1v) is 7.19. The summed E-state index contributed by atoms with van der Waals surface area (Å²) in [6, 6.07) is 4.82. The van der Waals surface area contributed by atoms with Crippen LogP contribution in [0.15, 0.2) is 40.3 Å². The quantitative estimate of drug-likeness (QED) is 0.785. The summed E-state index contributed by atoms with van der Waals surface area (Å²) >= 11 is 1.15. The summed E-state index contributed by atoms with van der Waals surface area (Å²) in [5, 5.41) is 4.53. The fraction of sp³-hybridized carbons (Fsp3) is 0.0667. The maximum atomic E-state index is 13.7. The zero-order valence-corrected chi connectivity index (χ0v) is 12.2. The Morgan fingerprint density at radius 3 is 2.82 bits per heavy atom.